The lowest BCUT2D eigenvalue weighted by Gasteiger charge is -2.22. The van der Waals surface area contributed by atoms with Crippen LogP contribution in [0.1, 0.15) is 47.2 Å². The zero-order valence-corrected chi connectivity index (χ0v) is 28.5. The predicted octanol–water partition coefficient (Wildman–Crippen LogP) is 8.50. The largest absolute Gasteiger partial charge is 0.493 e. The number of hydrogen-bond donors (Lipinski definition) is 1. The summed E-state index contributed by atoms with van der Waals surface area (Å²) < 4.78 is 16.8. The van der Waals surface area contributed by atoms with Crippen LogP contribution >= 0.6 is 35.1 Å². The third-order valence-corrected chi connectivity index (χ3v) is 11.5. The maximum Gasteiger partial charge on any atom is 0.352 e. The second-order valence-electron chi connectivity index (χ2n) is 12.1. The molecule has 5 heterocycles. The average molecular weight is 685 g/mol. The van der Waals surface area contributed by atoms with Crippen LogP contribution in [0.5, 0.6) is 5.75 Å². The molecule has 8 nitrogen and oxygen atoms in total. The Morgan fingerprint density at radius 3 is 2.81 bits per heavy atom. The maximum atomic E-state index is 12.8. The van der Waals surface area contributed by atoms with Crippen LogP contribution < -0.4 is 4.74 Å². The van der Waals surface area contributed by atoms with E-state index in [0.717, 1.165) is 91.2 Å². The fourth-order valence-corrected chi connectivity index (χ4v) is 9.13. The molecule has 8 bridgehead atoms. The second kappa shape index (κ2) is 12.3. The van der Waals surface area contributed by atoms with Crippen molar-refractivity contribution >= 4 is 69.0 Å². The number of hydrogen-bond acceptors (Lipinski definition) is 7. The number of carbonyl (C=O) groups is 1. The van der Waals surface area contributed by atoms with Gasteiger partial charge in [0.2, 0.25) is 0 Å². The van der Waals surface area contributed by atoms with Gasteiger partial charge in [0.25, 0.3) is 0 Å². The summed E-state index contributed by atoms with van der Waals surface area (Å²) in [6.45, 7) is 3.27. The normalized spacial score (nSPS) is 18.2. The molecular weight excluding hydrogens is 652 g/mol. The number of nitrogens with zero attached hydrogens (tertiary/aromatic N) is 4. The lowest BCUT2D eigenvalue weighted by Crippen LogP contribution is -2.17. The molecule has 0 amide bonds. The van der Waals surface area contributed by atoms with E-state index in [1.807, 2.05) is 44.5 Å². The van der Waals surface area contributed by atoms with Crippen molar-refractivity contribution in [2.45, 2.75) is 55.2 Å². The van der Waals surface area contributed by atoms with E-state index in [0.29, 0.717) is 36.0 Å². The third-order valence-electron chi connectivity index (χ3n) is 9.21. The fraction of sp³-hybridized carbons (Fsp3) is 0.306. The van der Waals surface area contributed by atoms with Gasteiger partial charge in [-0.3, -0.25) is 9.67 Å². The van der Waals surface area contributed by atoms with E-state index in [4.69, 9.17) is 31.2 Å². The van der Waals surface area contributed by atoms with E-state index in [-0.39, 0.29) is 11.1 Å². The molecule has 0 radical (unpaired) electrons. The van der Waals surface area contributed by atoms with Crippen molar-refractivity contribution < 1.29 is 19.4 Å². The highest BCUT2D eigenvalue weighted by atomic mass is 35.5. The number of carboxylic acids is 1. The number of aryl methyl sites for hydroxylation is 3. The van der Waals surface area contributed by atoms with Crippen LogP contribution in [0, 0.1) is 0 Å². The minimum absolute atomic E-state index is 0.272. The Hall–Kier alpha value is -3.86. The summed E-state index contributed by atoms with van der Waals surface area (Å²) in [7, 11) is 1.83. The summed E-state index contributed by atoms with van der Waals surface area (Å²) in [6.07, 6.45) is 4.96. The first kappa shape index (κ1) is 30.5. The molecule has 5 aromatic rings. The molecule has 0 fully saturated rings. The SMILES string of the molecule is CC1=C2CSc3cc(c4ccccc4c3)OCCCc3c(C(=O)O)n(C)c4c(c(Cl)ccc34)-c3c(nn4c3CCC4)CSC(C=N1)O2. The summed E-state index contributed by atoms with van der Waals surface area (Å²) >= 11 is 10.4. The Balaban J connectivity index is 1.27. The zero-order chi connectivity index (χ0) is 32.2. The van der Waals surface area contributed by atoms with E-state index in [2.05, 4.69) is 28.9 Å². The summed E-state index contributed by atoms with van der Waals surface area (Å²) in [6, 6.07) is 16.4. The topological polar surface area (TPSA) is 90.9 Å². The van der Waals surface area contributed by atoms with Crippen molar-refractivity contribution in [2.75, 3.05) is 12.4 Å². The first-order chi connectivity index (χ1) is 22.9. The maximum absolute atomic E-state index is 12.8. The van der Waals surface area contributed by atoms with Gasteiger partial charge in [-0.15, -0.1) is 23.5 Å². The highest BCUT2D eigenvalue weighted by Gasteiger charge is 2.30. The van der Waals surface area contributed by atoms with E-state index in [9.17, 15) is 9.90 Å². The summed E-state index contributed by atoms with van der Waals surface area (Å²) in [5.74, 6) is 1.95. The third kappa shape index (κ3) is 5.40. The minimum Gasteiger partial charge on any atom is -0.493 e. The number of carboxylic acid groups (broad SMARTS) is 1. The number of aliphatic imine (C=N–C) groups is 1. The van der Waals surface area contributed by atoms with Gasteiger partial charge in [-0.1, -0.05) is 41.9 Å². The van der Waals surface area contributed by atoms with Crippen LogP contribution in [0.15, 0.2) is 69.9 Å². The molecule has 0 saturated heterocycles. The lowest BCUT2D eigenvalue weighted by molar-refractivity contribution is 0.0685. The quantitative estimate of drug-likeness (QED) is 0.189. The van der Waals surface area contributed by atoms with Crippen molar-refractivity contribution in [3.8, 4) is 16.9 Å². The van der Waals surface area contributed by atoms with Crippen LogP contribution in [0.25, 0.3) is 32.8 Å². The van der Waals surface area contributed by atoms with Gasteiger partial charge >= 0.3 is 5.97 Å². The first-order valence-corrected chi connectivity index (χ1v) is 18.2. The van der Waals surface area contributed by atoms with Gasteiger partial charge in [-0.05, 0) is 61.8 Å². The number of halogens is 1. The van der Waals surface area contributed by atoms with Crippen LogP contribution in [0.4, 0.5) is 0 Å². The molecule has 0 aliphatic carbocycles. The minimum atomic E-state index is -0.959. The Bertz CT molecular complexity index is 2150. The molecule has 240 valence electrons. The molecule has 1 unspecified atom stereocenters. The van der Waals surface area contributed by atoms with Crippen molar-refractivity contribution in [3.63, 3.8) is 0 Å². The van der Waals surface area contributed by atoms with Crippen molar-refractivity contribution in [3.05, 3.63) is 87.7 Å². The predicted molar refractivity (Wildman–Crippen MR) is 190 cm³/mol. The summed E-state index contributed by atoms with van der Waals surface area (Å²) in [5, 5.41) is 19.2. The second-order valence-corrected chi connectivity index (χ2v) is 14.6. The molecule has 1 N–H and O–H groups in total. The highest BCUT2D eigenvalue weighted by molar-refractivity contribution is 7.99. The van der Waals surface area contributed by atoms with Gasteiger partial charge in [0.1, 0.15) is 17.2 Å². The number of ether oxygens (including phenoxy) is 2. The first-order valence-electron chi connectivity index (χ1n) is 15.8. The molecule has 11 heteroatoms. The smallest absolute Gasteiger partial charge is 0.352 e. The Labute approximate surface area is 285 Å². The molecular formula is C36H33ClN4O4S2. The number of aromatic nitrogens is 3. The van der Waals surface area contributed by atoms with Crippen molar-refractivity contribution in [1.29, 1.82) is 0 Å². The van der Waals surface area contributed by atoms with Gasteiger partial charge in [0.05, 0.1) is 40.5 Å². The molecule has 0 saturated carbocycles. The number of thioether (sulfide) groups is 2. The van der Waals surface area contributed by atoms with Crippen LogP contribution in [-0.2, 0) is 36.9 Å². The van der Waals surface area contributed by atoms with Gasteiger partial charge < -0.3 is 19.1 Å². The van der Waals surface area contributed by atoms with Gasteiger partial charge in [-0.25, -0.2) is 4.79 Å². The van der Waals surface area contributed by atoms with Gasteiger partial charge in [-0.2, -0.15) is 5.10 Å². The lowest BCUT2D eigenvalue weighted by atomic mass is 9.97. The Morgan fingerprint density at radius 2 is 1.94 bits per heavy atom. The Morgan fingerprint density at radius 1 is 1.06 bits per heavy atom. The zero-order valence-electron chi connectivity index (χ0n) is 26.1. The monoisotopic (exact) mass is 684 g/mol. The van der Waals surface area contributed by atoms with E-state index < -0.39 is 5.97 Å². The molecule has 8 rings (SSSR count). The van der Waals surface area contributed by atoms with Gasteiger partial charge in [0, 0.05) is 51.8 Å². The molecule has 3 aromatic carbocycles. The highest BCUT2D eigenvalue weighted by Crippen LogP contribution is 2.44. The molecule has 1 atom stereocenters. The standard InChI is InChI=1S/C36H33ClN4O4S2/c1-20-30-19-46-22-15-21-7-3-4-8-23(21)29(16-22)44-14-6-9-24-25-11-12-26(37)32(34(25)40(2)35(24)36(42)43)33-27(18-47-31(45-30)17-38-20)39-41-13-5-10-28(33)41/h3-4,7-8,11-12,15-17,31H,5-6,9-10,13-14,18-19H2,1-2H3,(H,42,43). The van der Waals surface area contributed by atoms with Crippen molar-refractivity contribution in [1.82, 2.24) is 14.3 Å². The number of aromatic carboxylic acids is 1. The van der Waals surface area contributed by atoms with Gasteiger partial charge in [0.15, 0.2) is 5.44 Å². The van der Waals surface area contributed by atoms with Crippen LogP contribution in [0.3, 0.4) is 0 Å². The number of rotatable bonds is 1. The molecule has 47 heavy (non-hydrogen) atoms. The molecule has 3 aliphatic heterocycles. The molecule has 0 spiro atoms. The molecule has 3 aliphatic rings. The van der Waals surface area contributed by atoms with Crippen LogP contribution in [-0.4, -0.2) is 49.4 Å². The average Bonchev–Trinajstić information content (AvgIpc) is 3.73. The van der Waals surface area contributed by atoms with E-state index in [1.165, 1.54) is 0 Å². The number of benzene rings is 3. The number of allylic oxidation sites excluding steroid dienone is 1. The summed E-state index contributed by atoms with van der Waals surface area (Å²) in [4.78, 5) is 18.6. The number of fused-ring (bicyclic) bond motifs is 10. The van der Waals surface area contributed by atoms with E-state index in [1.54, 1.807) is 28.1 Å². The van der Waals surface area contributed by atoms with E-state index >= 15 is 0 Å². The Kier molecular flexibility index (Phi) is 7.98. The van der Waals surface area contributed by atoms with Crippen molar-refractivity contribution in [2.24, 2.45) is 12.0 Å². The molecule has 2 aromatic heterocycles. The fourth-order valence-electron chi connectivity index (χ4n) is 7.05. The van der Waals surface area contributed by atoms with Crippen LogP contribution in [0.2, 0.25) is 5.02 Å². The summed E-state index contributed by atoms with van der Waals surface area (Å²) in [5.41, 5.74) is 6.41.